The molecule has 1 atom stereocenters. The molecule has 0 spiro atoms. The number of rotatable bonds is 0. The smallest absolute Gasteiger partial charge is 0.182 e. The minimum Gasteiger partial charge on any atom is -0.224 e. The molecular formula is C6H5NOS. The van der Waals surface area contributed by atoms with Crippen molar-refractivity contribution in [1.29, 1.82) is 0 Å². The third-order valence-corrected chi connectivity index (χ3v) is 1.71. The van der Waals surface area contributed by atoms with Gasteiger partial charge in [0.25, 0.3) is 0 Å². The Balaban J connectivity index is 2.95. The average Bonchev–Trinajstić information content (AvgIpc) is 2.13. The maximum atomic E-state index is 10.0. The van der Waals surface area contributed by atoms with Crippen molar-refractivity contribution in [1.82, 2.24) is 0 Å². The first-order chi connectivity index (χ1) is 4.43. The van der Waals surface area contributed by atoms with Gasteiger partial charge in [0.1, 0.15) is 0 Å². The molecule has 0 bridgehead atoms. The summed E-state index contributed by atoms with van der Waals surface area (Å²) in [5.74, 6) is 0. The highest BCUT2D eigenvalue weighted by atomic mass is 32.2. The largest absolute Gasteiger partial charge is 0.224 e. The Morgan fingerprint density at radius 3 is 3.00 bits per heavy atom. The molecule has 46 valence electrons. The standard InChI is InChI=1S/C6H5NOS/c8-6-9-5-3-1-2-4-7-9/h1-5H. The summed E-state index contributed by atoms with van der Waals surface area (Å²) in [7, 11) is -0.648. The molecule has 0 fully saturated rings. The van der Waals surface area contributed by atoms with Crippen LogP contribution >= 0.6 is 10.7 Å². The van der Waals surface area contributed by atoms with Crippen molar-refractivity contribution in [3.8, 4) is 0 Å². The van der Waals surface area contributed by atoms with E-state index in [1.165, 1.54) is 0 Å². The highest BCUT2D eigenvalue weighted by Crippen LogP contribution is 2.13. The van der Waals surface area contributed by atoms with Gasteiger partial charge in [-0.25, -0.2) is 9.19 Å². The fourth-order valence-corrected chi connectivity index (χ4v) is 1.03. The second-order valence-electron chi connectivity index (χ2n) is 1.37. The fourth-order valence-electron chi connectivity index (χ4n) is 0.419. The van der Waals surface area contributed by atoms with E-state index in [0.29, 0.717) is 0 Å². The summed E-state index contributed by atoms with van der Waals surface area (Å²) in [6, 6.07) is 0. The van der Waals surface area contributed by atoms with Crippen LogP contribution in [0.15, 0.2) is 28.0 Å². The summed E-state index contributed by atoms with van der Waals surface area (Å²) in [6.07, 6.45) is 7.00. The van der Waals surface area contributed by atoms with Gasteiger partial charge in [-0.3, -0.25) is 0 Å². The first-order valence-electron chi connectivity index (χ1n) is 2.42. The molecule has 0 aromatic rings. The van der Waals surface area contributed by atoms with E-state index >= 15 is 0 Å². The average molecular weight is 139 g/mol. The van der Waals surface area contributed by atoms with Crippen molar-refractivity contribution < 1.29 is 4.79 Å². The monoisotopic (exact) mass is 139 g/mol. The lowest BCUT2D eigenvalue weighted by Crippen LogP contribution is -1.57. The molecule has 2 nitrogen and oxygen atoms in total. The van der Waals surface area contributed by atoms with Crippen molar-refractivity contribution in [2.75, 3.05) is 0 Å². The molecule has 0 aromatic carbocycles. The van der Waals surface area contributed by atoms with E-state index in [4.69, 9.17) is 0 Å². The van der Waals surface area contributed by atoms with Gasteiger partial charge in [-0.2, -0.15) is 0 Å². The van der Waals surface area contributed by atoms with Crippen LogP contribution < -0.4 is 0 Å². The number of carbonyl (C=O) groups excluding carboxylic acids is 1. The van der Waals surface area contributed by atoms with Crippen LogP contribution in [0.3, 0.4) is 0 Å². The van der Waals surface area contributed by atoms with Crippen LogP contribution in [-0.4, -0.2) is 11.4 Å². The Labute approximate surface area is 55.7 Å². The van der Waals surface area contributed by atoms with Gasteiger partial charge >= 0.3 is 0 Å². The Bertz CT molecular complexity index is 215. The molecule has 1 heterocycles. The summed E-state index contributed by atoms with van der Waals surface area (Å²) >= 11 is 0. The zero-order valence-corrected chi connectivity index (χ0v) is 5.47. The van der Waals surface area contributed by atoms with Crippen molar-refractivity contribution in [3.05, 3.63) is 23.6 Å². The lowest BCUT2D eigenvalue weighted by atomic mass is 10.5. The van der Waals surface area contributed by atoms with Gasteiger partial charge < -0.3 is 0 Å². The van der Waals surface area contributed by atoms with Crippen LogP contribution in [0.2, 0.25) is 0 Å². The Hall–Kier alpha value is -0.920. The van der Waals surface area contributed by atoms with Crippen molar-refractivity contribution >= 4 is 22.1 Å². The predicted molar refractivity (Wildman–Crippen MR) is 40.1 cm³/mol. The van der Waals surface area contributed by atoms with Crippen LogP contribution in [0.4, 0.5) is 0 Å². The quantitative estimate of drug-likeness (QED) is 0.466. The van der Waals surface area contributed by atoms with E-state index in [1.54, 1.807) is 29.0 Å². The normalized spacial score (nSPS) is 23.3. The Kier molecular flexibility index (Phi) is 2.19. The van der Waals surface area contributed by atoms with Gasteiger partial charge in [-0.15, -0.1) is 0 Å². The van der Waals surface area contributed by atoms with Gasteiger partial charge in [0.15, 0.2) is 5.23 Å². The third kappa shape index (κ3) is 1.80. The molecule has 0 radical (unpaired) electrons. The molecule has 1 rings (SSSR count). The molecule has 3 heteroatoms. The third-order valence-electron chi connectivity index (χ3n) is 0.776. The minimum absolute atomic E-state index is 0.648. The summed E-state index contributed by atoms with van der Waals surface area (Å²) in [6.45, 7) is 0. The van der Waals surface area contributed by atoms with Crippen molar-refractivity contribution in [2.24, 2.45) is 4.40 Å². The molecule has 1 aliphatic rings. The molecular weight excluding hydrogens is 134 g/mol. The fraction of sp³-hybridized carbons (Fsp3) is 0. The molecule has 0 N–H and O–H groups in total. The van der Waals surface area contributed by atoms with Crippen LogP contribution in [0.1, 0.15) is 0 Å². The van der Waals surface area contributed by atoms with Gasteiger partial charge in [-0.05, 0) is 11.5 Å². The molecule has 0 saturated heterocycles. The van der Waals surface area contributed by atoms with Gasteiger partial charge in [0.05, 0.1) is 0 Å². The van der Waals surface area contributed by atoms with Crippen LogP contribution in [0, 0.1) is 0 Å². The van der Waals surface area contributed by atoms with E-state index in [-0.39, 0.29) is 0 Å². The highest BCUT2D eigenvalue weighted by molar-refractivity contribution is 8.15. The minimum atomic E-state index is -0.648. The molecule has 0 saturated carbocycles. The van der Waals surface area contributed by atoms with Crippen LogP contribution in [-0.2, 0) is 4.79 Å². The number of hydrogen-bond acceptors (Lipinski definition) is 2. The summed E-state index contributed by atoms with van der Waals surface area (Å²) < 4.78 is 3.85. The molecule has 0 aliphatic carbocycles. The summed E-state index contributed by atoms with van der Waals surface area (Å²) in [5, 5.41) is 3.51. The lowest BCUT2D eigenvalue weighted by Gasteiger charge is -1.79. The van der Waals surface area contributed by atoms with Gasteiger partial charge in [0.2, 0.25) is 0 Å². The number of nitrogens with zero attached hydrogens (tertiary/aromatic N) is 1. The van der Waals surface area contributed by atoms with E-state index in [9.17, 15) is 4.79 Å². The summed E-state index contributed by atoms with van der Waals surface area (Å²) in [4.78, 5) is 10.0. The van der Waals surface area contributed by atoms with Crippen molar-refractivity contribution in [3.63, 3.8) is 0 Å². The predicted octanol–water partition coefficient (Wildman–Crippen LogP) is 1.39. The molecule has 1 unspecified atom stereocenters. The van der Waals surface area contributed by atoms with Gasteiger partial charge in [-0.1, -0.05) is 12.2 Å². The van der Waals surface area contributed by atoms with E-state index in [1.807, 2.05) is 6.08 Å². The Morgan fingerprint density at radius 1 is 1.33 bits per heavy atom. The first-order valence-corrected chi connectivity index (χ1v) is 3.66. The Morgan fingerprint density at radius 2 is 2.22 bits per heavy atom. The van der Waals surface area contributed by atoms with E-state index in [0.717, 1.165) is 0 Å². The second kappa shape index (κ2) is 3.17. The number of hydrogen-bond donors (Lipinski definition) is 0. The number of allylic oxidation sites excluding steroid dienone is 3. The van der Waals surface area contributed by atoms with Crippen molar-refractivity contribution in [2.45, 2.75) is 0 Å². The maximum absolute atomic E-state index is 10.0. The van der Waals surface area contributed by atoms with Crippen LogP contribution in [0.25, 0.3) is 0 Å². The zero-order chi connectivity index (χ0) is 6.53. The maximum Gasteiger partial charge on any atom is 0.182 e. The van der Waals surface area contributed by atoms with Gasteiger partial charge in [0, 0.05) is 16.9 Å². The second-order valence-corrected chi connectivity index (χ2v) is 2.64. The van der Waals surface area contributed by atoms with E-state index < -0.39 is 10.7 Å². The topological polar surface area (TPSA) is 29.4 Å². The zero-order valence-electron chi connectivity index (χ0n) is 4.65. The van der Waals surface area contributed by atoms with Crippen LogP contribution in [0.5, 0.6) is 0 Å². The molecule has 1 aliphatic heterocycles. The first kappa shape index (κ1) is 6.20. The highest BCUT2D eigenvalue weighted by Gasteiger charge is 1.82. The molecule has 0 amide bonds. The van der Waals surface area contributed by atoms with E-state index in [2.05, 4.69) is 4.40 Å². The molecule has 0 aromatic heterocycles. The lowest BCUT2D eigenvalue weighted by molar-refractivity contribution is 0.572. The molecule has 9 heavy (non-hydrogen) atoms. The SMILES string of the molecule is O=C=S1C=CC=CC=N1. The summed E-state index contributed by atoms with van der Waals surface area (Å²) in [5.41, 5.74) is 0.